The zero-order valence-electron chi connectivity index (χ0n) is 16.0. The molecule has 0 radical (unpaired) electrons. The molecule has 0 aliphatic rings. The van der Waals surface area contributed by atoms with E-state index >= 15 is 0 Å². The van der Waals surface area contributed by atoms with Gasteiger partial charge in [0.1, 0.15) is 11.6 Å². The van der Waals surface area contributed by atoms with Crippen molar-refractivity contribution in [2.45, 2.75) is 38.4 Å². The van der Waals surface area contributed by atoms with E-state index in [1.165, 1.54) is 54.6 Å². The lowest BCUT2D eigenvalue weighted by molar-refractivity contribution is -0.336. The average molecular weight is 405 g/mol. The van der Waals surface area contributed by atoms with Gasteiger partial charge in [-0.25, -0.2) is 9.59 Å². The molecule has 8 heteroatoms. The third-order valence-corrected chi connectivity index (χ3v) is 3.68. The van der Waals surface area contributed by atoms with Crippen LogP contribution in [-0.2, 0) is 14.3 Å². The van der Waals surface area contributed by atoms with Crippen molar-refractivity contribution in [2.75, 3.05) is 0 Å². The van der Waals surface area contributed by atoms with Gasteiger partial charge in [0.15, 0.2) is 6.10 Å². The van der Waals surface area contributed by atoms with E-state index in [-0.39, 0.29) is 16.7 Å². The third-order valence-electron chi connectivity index (χ3n) is 3.68. The summed E-state index contributed by atoms with van der Waals surface area (Å²) in [6, 6.07) is 11.7. The van der Waals surface area contributed by atoms with Gasteiger partial charge in [-0.05, 0) is 50.6 Å². The van der Waals surface area contributed by atoms with E-state index in [0.717, 1.165) is 0 Å². The summed E-state index contributed by atoms with van der Waals surface area (Å²) < 4.78 is 38.2. The van der Waals surface area contributed by atoms with Crippen molar-refractivity contribution >= 4 is 17.9 Å². The fourth-order valence-electron chi connectivity index (χ4n) is 2.34. The maximum absolute atomic E-state index is 14.1. The Bertz CT molecular complexity index is 886. The van der Waals surface area contributed by atoms with Crippen LogP contribution in [0.3, 0.4) is 0 Å². The lowest BCUT2D eigenvalue weighted by Crippen LogP contribution is -2.47. The normalized spacial score (nSPS) is 12.7. The molecule has 0 N–H and O–H groups in total. The number of halogens is 2. The minimum Gasteiger partial charge on any atom is -0.544 e. The maximum atomic E-state index is 14.1. The van der Waals surface area contributed by atoms with Crippen LogP contribution >= 0.6 is 0 Å². The standard InChI is InChI=1S/C21H20F2O6/c1-20(2,3)29-18(25)15-11-9-14(10-12-15)17(24)28-16(21(22,23)19(26)27)13-7-5-4-6-8-13/h4-12,16H,1-3H3,(H,26,27)/p-1. The quantitative estimate of drug-likeness (QED) is 0.686. The molecule has 0 heterocycles. The third kappa shape index (κ3) is 5.60. The van der Waals surface area contributed by atoms with Crippen LogP contribution < -0.4 is 5.11 Å². The molecule has 29 heavy (non-hydrogen) atoms. The first-order chi connectivity index (χ1) is 13.4. The molecule has 0 amide bonds. The molecule has 2 aromatic carbocycles. The highest BCUT2D eigenvalue weighted by Gasteiger charge is 2.45. The Kier molecular flexibility index (Phi) is 6.36. The number of benzene rings is 2. The van der Waals surface area contributed by atoms with Crippen molar-refractivity contribution in [1.29, 1.82) is 0 Å². The molecule has 0 saturated carbocycles. The number of hydrogen-bond acceptors (Lipinski definition) is 6. The van der Waals surface area contributed by atoms with Gasteiger partial charge in [0.2, 0.25) is 0 Å². The number of carbonyl (C=O) groups excluding carboxylic acids is 3. The number of carboxylic acids is 1. The lowest BCUT2D eigenvalue weighted by atomic mass is 10.0. The van der Waals surface area contributed by atoms with Crippen LogP contribution in [0.2, 0.25) is 0 Å². The predicted octanol–water partition coefficient (Wildman–Crippen LogP) is 2.93. The molecule has 6 nitrogen and oxygen atoms in total. The van der Waals surface area contributed by atoms with Gasteiger partial charge in [-0.3, -0.25) is 0 Å². The first-order valence-corrected chi connectivity index (χ1v) is 8.60. The van der Waals surface area contributed by atoms with Gasteiger partial charge in [-0.2, -0.15) is 8.78 Å². The Labute approximate surface area is 166 Å². The van der Waals surface area contributed by atoms with Crippen LogP contribution in [0.15, 0.2) is 54.6 Å². The molecule has 1 unspecified atom stereocenters. The Balaban J connectivity index is 2.24. The van der Waals surface area contributed by atoms with E-state index < -0.39 is 35.5 Å². The molecule has 154 valence electrons. The van der Waals surface area contributed by atoms with Gasteiger partial charge >= 0.3 is 17.9 Å². The van der Waals surface area contributed by atoms with Crippen molar-refractivity contribution in [3.63, 3.8) is 0 Å². The number of rotatable bonds is 6. The molecule has 0 spiro atoms. The Hall–Kier alpha value is -3.29. The summed E-state index contributed by atoms with van der Waals surface area (Å²) in [5, 5.41) is 10.9. The predicted molar refractivity (Wildman–Crippen MR) is 96.2 cm³/mol. The van der Waals surface area contributed by atoms with Crippen molar-refractivity contribution in [3.8, 4) is 0 Å². The zero-order valence-corrected chi connectivity index (χ0v) is 16.0. The molecule has 0 aliphatic carbocycles. The summed E-state index contributed by atoms with van der Waals surface area (Å²) in [6.45, 7) is 5.08. The smallest absolute Gasteiger partial charge is 0.338 e. The number of aliphatic carboxylic acids is 1. The fourth-order valence-corrected chi connectivity index (χ4v) is 2.34. The highest BCUT2D eigenvalue weighted by atomic mass is 19.3. The van der Waals surface area contributed by atoms with E-state index in [1.54, 1.807) is 20.8 Å². The maximum Gasteiger partial charge on any atom is 0.338 e. The average Bonchev–Trinajstić information content (AvgIpc) is 2.65. The largest absolute Gasteiger partial charge is 0.544 e. The molecule has 0 bridgehead atoms. The van der Waals surface area contributed by atoms with E-state index in [0.29, 0.717) is 0 Å². The van der Waals surface area contributed by atoms with Crippen LogP contribution in [0.5, 0.6) is 0 Å². The summed E-state index contributed by atoms with van der Waals surface area (Å²) >= 11 is 0. The monoisotopic (exact) mass is 405 g/mol. The van der Waals surface area contributed by atoms with Crippen LogP contribution in [0.25, 0.3) is 0 Å². The first-order valence-electron chi connectivity index (χ1n) is 8.60. The Morgan fingerprint density at radius 3 is 1.79 bits per heavy atom. The zero-order chi connectivity index (χ0) is 21.8. The molecule has 0 aliphatic heterocycles. The minimum absolute atomic E-state index is 0.146. The topological polar surface area (TPSA) is 92.7 Å². The second kappa shape index (κ2) is 8.38. The van der Waals surface area contributed by atoms with Crippen molar-refractivity contribution in [3.05, 3.63) is 71.3 Å². The van der Waals surface area contributed by atoms with Gasteiger partial charge in [0, 0.05) is 0 Å². The van der Waals surface area contributed by atoms with Crippen LogP contribution in [0.4, 0.5) is 8.78 Å². The van der Waals surface area contributed by atoms with Crippen molar-refractivity contribution in [1.82, 2.24) is 0 Å². The van der Waals surface area contributed by atoms with E-state index in [1.807, 2.05) is 0 Å². The molecule has 0 saturated heterocycles. The molecule has 1 atom stereocenters. The molecule has 2 aromatic rings. The molecule has 0 aromatic heterocycles. The summed E-state index contributed by atoms with van der Waals surface area (Å²) in [7, 11) is 0. The van der Waals surface area contributed by atoms with Crippen molar-refractivity contribution < 1.29 is 37.7 Å². The van der Waals surface area contributed by atoms with Gasteiger partial charge < -0.3 is 19.4 Å². The first kappa shape index (κ1) is 22.0. The number of carbonyl (C=O) groups is 3. The SMILES string of the molecule is CC(C)(C)OC(=O)c1ccc(C(=O)OC(c2ccccc2)C(F)(F)C(=O)[O-])cc1. The van der Waals surface area contributed by atoms with Crippen LogP contribution in [0.1, 0.15) is 53.2 Å². The Morgan fingerprint density at radius 2 is 1.34 bits per heavy atom. The number of alkyl halides is 2. The van der Waals surface area contributed by atoms with Crippen LogP contribution in [-0.4, -0.2) is 29.4 Å². The van der Waals surface area contributed by atoms with Crippen LogP contribution in [0, 0.1) is 0 Å². The van der Waals surface area contributed by atoms with Crippen molar-refractivity contribution in [2.24, 2.45) is 0 Å². The Morgan fingerprint density at radius 1 is 0.862 bits per heavy atom. The molecular weight excluding hydrogens is 386 g/mol. The molecule has 0 fully saturated rings. The number of carboxylic acid groups (broad SMARTS) is 1. The molecular formula is C21H19F2O6-. The van der Waals surface area contributed by atoms with Gasteiger partial charge in [0.05, 0.1) is 11.1 Å². The van der Waals surface area contributed by atoms with E-state index in [4.69, 9.17) is 9.47 Å². The lowest BCUT2D eigenvalue weighted by Gasteiger charge is -2.27. The van der Waals surface area contributed by atoms with Gasteiger partial charge in [-0.15, -0.1) is 0 Å². The number of ether oxygens (including phenoxy) is 2. The fraction of sp³-hybridized carbons (Fsp3) is 0.286. The molecule has 2 rings (SSSR count). The highest BCUT2D eigenvalue weighted by molar-refractivity contribution is 5.93. The highest BCUT2D eigenvalue weighted by Crippen LogP contribution is 2.35. The second-order valence-electron chi connectivity index (χ2n) is 7.19. The summed E-state index contributed by atoms with van der Waals surface area (Å²) in [6.07, 6.45) is -2.38. The number of hydrogen-bond donors (Lipinski definition) is 0. The minimum atomic E-state index is -4.45. The van der Waals surface area contributed by atoms with E-state index in [2.05, 4.69) is 0 Å². The summed E-state index contributed by atoms with van der Waals surface area (Å²) in [5.41, 5.74) is -0.919. The second-order valence-corrected chi connectivity index (χ2v) is 7.19. The number of esters is 2. The van der Waals surface area contributed by atoms with E-state index in [9.17, 15) is 28.3 Å². The summed E-state index contributed by atoms with van der Waals surface area (Å²) in [5.74, 6) is -8.92. The van der Waals surface area contributed by atoms with Gasteiger partial charge in [0.25, 0.3) is 0 Å². The summed E-state index contributed by atoms with van der Waals surface area (Å²) in [4.78, 5) is 35.2. The van der Waals surface area contributed by atoms with Gasteiger partial charge in [-0.1, -0.05) is 30.3 Å².